The summed E-state index contributed by atoms with van der Waals surface area (Å²) in [6.45, 7) is 1.74. The number of pyridine rings is 1. The zero-order valence-corrected chi connectivity index (χ0v) is 15.6. The molecule has 9 heteroatoms. The average molecular weight is 391 g/mol. The molecule has 8 nitrogen and oxygen atoms in total. The highest BCUT2D eigenvalue weighted by Gasteiger charge is 2.23. The van der Waals surface area contributed by atoms with E-state index in [1.165, 1.54) is 12.3 Å². The lowest BCUT2D eigenvalue weighted by molar-refractivity contribution is 0.102. The number of carbonyl (C=O) groups is 1. The van der Waals surface area contributed by atoms with Crippen LogP contribution in [0.3, 0.4) is 0 Å². The molecule has 0 spiro atoms. The Bertz CT molecular complexity index is 1220. The van der Waals surface area contributed by atoms with Crippen molar-refractivity contribution in [3.8, 4) is 11.4 Å². The Morgan fingerprint density at radius 2 is 2.17 bits per heavy atom. The van der Waals surface area contributed by atoms with Crippen molar-refractivity contribution in [2.75, 3.05) is 10.6 Å². The van der Waals surface area contributed by atoms with Crippen molar-refractivity contribution < 1.29 is 9.18 Å². The van der Waals surface area contributed by atoms with Crippen LogP contribution in [0.15, 0.2) is 42.7 Å². The predicted molar refractivity (Wildman–Crippen MR) is 106 cm³/mol. The van der Waals surface area contributed by atoms with Crippen LogP contribution in [0, 0.1) is 12.7 Å². The van der Waals surface area contributed by atoms with Gasteiger partial charge in [0.1, 0.15) is 5.82 Å². The van der Waals surface area contributed by atoms with Crippen LogP contribution in [0.5, 0.6) is 0 Å². The van der Waals surface area contributed by atoms with Gasteiger partial charge in [0.25, 0.3) is 5.91 Å². The number of aromatic amines is 1. The van der Waals surface area contributed by atoms with Gasteiger partial charge in [-0.15, -0.1) is 5.10 Å². The largest absolute Gasteiger partial charge is 0.350 e. The Kier molecular flexibility index (Phi) is 4.01. The molecule has 1 aliphatic rings. The molecule has 0 radical (unpaired) electrons. The van der Waals surface area contributed by atoms with E-state index in [4.69, 9.17) is 0 Å². The van der Waals surface area contributed by atoms with Crippen molar-refractivity contribution in [1.29, 1.82) is 0 Å². The maximum atomic E-state index is 14.6. The zero-order chi connectivity index (χ0) is 20.0. The molecular weight excluding hydrogens is 373 g/mol. The Hall–Kier alpha value is -3.75. The summed E-state index contributed by atoms with van der Waals surface area (Å²) in [5, 5.41) is 17.0. The molecule has 0 atom stereocenters. The number of rotatable bonds is 5. The molecule has 1 aromatic carbocycles. The molecular formula is C20H18FN7O. The number of aryl methyl sites for hydroxylation is 1. The second kappa shape index (κ2) is 6.69. The van der Waals surface area contributed by atoms with Crippen LogP contribution in [0.4, 0.5) is 16.0 Å². The van der Waals surface area contributed by atoms with Crippen LogP contribution in [0.25, 0.3) is 16.9 Å². The fourth-order valence-electron chi connectivity index (χ4n) is 3.15. The summed E-state index contributed by atoms with van der Waals surface area (Å²) in [6, 6.07) is 8.82. The summed E-state index contributed by atoms with van der Waals surface area (Å²) < 4.78 is 16.2. The van der Waals surface area contributed by atoms with Crippen molar-refractivity contribution in [1.82, 2.24) is 24.8 Å². The van der Waals surface area contributed by atoms with Gasteiger partial charge >= 0.3 is 0 Å². The molecule has 0 aliphatic heterocycles. The maximum absolute atomic E-state index is 14.6. The van der Waals surface area contributed by atoms with Gasteiger partial charge in [0.2, 0.25) is 5.95 Å². The first-order valence-corrected chi connectivity index (χ1v) is 9.31. The lowest BCUT2D eigenvalue weighted by Crippen LogP contribution is -2.13. The Labute approximate surface area is 165 Å². The van der Waals surface area contributed by atoms with Crippen molar-refractivity contribution >= 4 is 23.1 Å². The van der Waals surface area contributed by atoms with E-state index in [2.05, 4.69) is 30.9 Å². The molecule has 1 fully saturated rings. The lowest BCUT2D eigenvalue weighted by atomic mass is 10.1. The summed E-state index contributed by atoms with van der Waals surface area (Å²) in [7, 11) is 0. The van der Waals surface area contributed by atoms with Gasteiger partial charge < -0.3 is 10.6 Å². The van der Waals surface area contributed by atoms with E-state index in [0.717, 1.165) is 12.8 Å². The van der Waals surface area contributed by atoms with E-state index in [9.17, 15) is 9.18 Å². The molecule has 1 saturated carbocycles. The fourth-order valence-corrected chi connectivity index (χ4v) is 3.15. The number of hydrogen-bond donors (Lipinski definition) is 3. The molecule has 0 saturated heterocycles. The van der Waals surface area contributed by atoms with Gasteiger partial charge in [-0.05, 0) is 49.6 Å². The summed E-state index contributed by atoms with van der Waals surface area (Å²) in [6.07, 6.45) is 5.45. The summed E-state index contributed by atoms with van der Waals surface area (Å²) in [5.74, 6) is -0.0114. The number of carbonyl (C=O) groups excluding carboxylic acids is 1. The minimum atomic E-state index is -0.439. The number of nitrogens with zero attached hydrogens (tertiary/aromatic N) is 4. The molecule has 4 aromatic rings. The molecule has 0 bridgehead atoms. The van der Waals surface area contributed by atoms with Gasteiger partial charge in [-0.2, -0.15) is 10.1 Å². The molecule has 1 amide bonds. The molecule has 3 heterocycles. The van der Waals surface area contributed by atoms with Crippen LogP contribution in [-0.4, -0.2) is 36.7 Å². The second-order valence-electron chi connectivity index (χ2n) is 7.12. The van der Waals surface area contributed by atoms with E-state index >= 15 is 0 Å². The van der Waals surface area contributed by atoms with Gasteiger partial charge in [-0.3, -0.25) is 9.89 Å². The number of amides is 1. The third kappa shape index (κ3) is 3.31. The minimum Gasteiger partial charge on any atom is -0.350 e. The molecule has 146 valence electrons. The third-order valence-electron chi connectivity index (χ3n) is 4.88. The highest BCUT2D eigenvalue weighted by molar-refractivity contribution is 6.09. The SMILES string of the molecule is Cc1cc(F)c(-c2nc(NC3CC3)n[nH]2)cc1NC(=O)c1cnn2ccccc12. The number of nitrogens with one attached hydrogen (secondary N) is 3. The van der Waals surface area contributed by atoms with E-state index in [-0.39, 0.29) is 11.5 Å². The second-order valence-corrected chi connectivity index (χ2v) is 7.12. The number of benzene rings is 1. The predicted octanol–water partition coefficient (Wildman–Crippen LogP) is 3.39. The van der Waals surface area contributed by atoms with Crippen LogP contribution in [0.2, 0.25) is 0 Å². The quantitative estimate of drug-likeness (QED) is 0.484. The number of hydrogen-bond acceptors (Lipinski definition) is 5. The van der Waals surface area contributed by atoms with Crippen molar-refractivity contribution in [2.24, 2.45) is 0 Å². The first-order valence-electron chi connectivity index (χ1n) is 9.31. The Morgan fingerprint density at radius 3 is 3.00 bits per heavy atom. The maximum Gasteiger partial charge on any atom is 0.259 e. The monoisotopic (exact) mass is 391 g/mol. The van der Waals surface area contributed by atoms with Crippen molar-refractivity contribution in [3.05, 3.63) is 59.7 Å². The number of aromatic nitrogens is 5. The van der Waals surface area contributed by atoms with Crippen molar-refractivity contribution in [2.45, 2.75) is 25.8 Å². The zero-order valence-electron chi connectivity index (χ0n) is 15.6. The van der Waals surface area contributed by atoms with Crippen LogP contribution in [-0.2, 0) is 0 Å². The fraction of sp³-hybridized carbons (Fsp3) is 0.200. The molecule has 5 rings (SSSR count). The van der Waals surface area contributed by atoms with E-state index in [1.807, 2.05) is 18.2 Å². The van der Waals surface area contributed by atoms with Gasteiger partial charge in [-0.1, -0.05) is 6.07 Å². The minimum absolute atomic E-state index is 0.238. The van der Waals surface area contributed by atoms with Gasteiger partial charge in [0.05, 0.1) is 22.8 Å². The molecule has 0 unspecified atom stereocenters. The van der Waals surface area contributed by atoms with Crippen LogP contribution >= 0.6 is 0 Å². The first kappa shape index (κ1) is 17.4. The van der Waals surface area contributed by atoms with E-state index in [1.54, 1.807) is 23.7 Å². The van der Waals surface area contributed by atoms with Gasteiger partial charge in [0, 0.05) is 17.9 Å². The van der Waals surface area contributed by atoms with Crippen LogP contribution < -0.4 is 10.6 Å². The Morgan fingerprint density at radius 1 is 1.31 bits per heavy atom. The number of anilines is 2. The van der Waals surface area contributed by atoms with Crippen LogP contribution in [0.1, 0.15) is 28.8 Å². The number of halogens is 1. The lowest BCUT2D eigenvalue weighted by Gasteiger charge is -2.10. The smallest absolute Gasteiger partial charge is 0.259 e. The standard InChI is InChI=1S/C20H18FN7O/c1-11-8-15(21)13(18-25-20(27-26-18)23-12-5-6-12)9-16(11)24-19(29)14-10-22-28-7-3-2-4-17(14)28/h2-4,7-10,12H,5-6H2,1H3,(H,24,29)(H2,23,25,26,27). The number of fused-ring (bicyclic) bond motifs is 1. The molecule has 3 aromatic heterocycles. The Balaban J connectivity index is 1.44. The summed E-state index contributed by atoms with van der Waals surface area (Å²) in [4.78, 5) is 17.1. The summed E-state index contributed by atoms with van der Waals surface area (Å²) >= 11 is 0. The average Bonchev–Trinajstić information content (AvgIpc) is 3.23. The highest BCUT2D eigenvalue weighted by Crippen LogP contribution is 2.29. The topological polar surface area (TPSA) is 100 Å². The molecule has 29 heavy (non-hydrogen) atoms. The normalized spacial score (nSPS) is 13.6. The summed E-state index contributed by atoms with van der Waals surface area (Å²) in [5.41, 5.74) is 2.46. The molecule has 1 aliphatic carbocycles. The first-order chi connectivity index (χ1) is 14.1. The third-order valence-corrected chi connectivity index (χ3v) is 4.88. The van der Waals surface area contributed by atoms with E-state index < -0.39 is 5.82 Å². The van der Waals surface area contributed by atoms with Gasteiger partial charge in [-0.25, -0.2) is 8.91 Å². The molecule has 3 N–H and O–H groups in total. The van der Waals surface area contributed by atoms with Gasteiger partial charge in [0.15, 0.2) is 5.82 Å². The number of H-pyrrole nitrogens is 1. The van der Waals surface area contributed by atoms with E-state index in [0.29, 0.717) is 40.1 Å². The van der Waals surface area contributed by atoms with Crippen molar-refractivity contribution in [3.63, 3.8) is 0 Å². The highest BCUT2D eigenvalue weighted by atomic mass is 19.1.